The third kappa shape index (κ3) is 4.04. The van der Waals surface area contributed by atoms with E-state index in [1.807, 2.05) is 0 Å². The molecule has 12 nitrogen and oxygen atoms in total. The highest BCUT2D eigenvalue weighted by Gasteiger charge is 2.50. The van der Waals surface area contributed by atoms with Gasteiger partial charge in [-0.2, -0.15) is 23.4 Å². The highest BCUT2D eigenvalue weighted by molar-refractivity contribution is 7.88. The van der Waals surface area contributed by atoms with Gasteiger partial charge in [-0.25, -0.2) is 18.2 Å². The average Bonchev–Trinajstić information content (AvgIpc) is 3.51. The molecule has 5 heterocycles. The van der Waals surface area contributed by atoms with Crippen LogP contribution in [0.2, 0.25) is 0 Å². The number of nitrogens with one attached hydrogen (secondary N) is 1. The molecular formula is C19H20F3N7O5S. The Morgan fingerprint density at radius 2 is 2.11 bits per heavy atom. The fourth-order valence-electron chi connectivity index (χ4n) is 4.70. The van der Waals surface area contributed by atoms with E-state index in [0.717, 1.165) is 6.26 Å². The number of H-pyrrole nitrogens is 1. The molecule has 1 saturated heterocycles. The van der Waals surface area contributed by atoms with Crippen LogP contribution in [0.15, 0.2) is 50.5 Å². The molecular weight excluding hydrogens is 495 g/mol. The number of nitrogens with zero attached hydrogens (tertiary/aromatic N) is 6. The maximum atomic E-state index is 12.9. The number of sulfonamides is 1. The van der Waals surface area contributed by atoms with Crippen LogP contribution in [-0.2, 0) is 24.3 Å². The summed E-state index contributed by atoms with van der Waals surface area (Å²) in [6, 6.07) is 0.186. The zero-order chi connectivity index (χ0) is 25.1. The highest BCUT2D eigenvalue weighted by Crippen LogP contribution is 2.49. The number of esters is 1. The van der Waals surface area contributed by atoms with Gasteiger partial charge < -0.3 is 9.47 Å². The van der Waals surface area contributed by atoms with Crippen molar-refractivity contribution in [1.29, 1.82) is 0 Å². The molecule has 0 aromatic carbocycles. The molecule has 0 radical (unpaired) electrons. The van der Waals surface area contributed by atoms with E-state index in [2.05, 4.69) is 30.2 Å². The Morgan fingerprint density at radius 3 is 2.77 bits per heavy atom. The summed E-state index contributed by atoms with van der Waals surface area (Å²) in [7, 11) is -3.79. The van der Waals surface area contributed by atoms with E-state index in [4.69, 9.17) is 4.74 Å². The number of ether oxygens (including phenoxy) is 2. The second-order valence-electron chi connectivity index (χ2n) is 8.37. The number of morpholine rings is 1. The topological polar surface area (TPSA) is 142 Å². The summed E-state index contributed by atoms with van der Waals surface area (Å²) in [5.74, 6) is -2.15. The van der Waals surface area contributed by atoms with Gasteiger partial charge in [0.2, 0.25) is 16.3 Å². The second kappa shape index (κ2) is 8.23. The minimum Gasteiger partial charge on any atom is -0.427 e. The highest BCUT2D eigenvalue weighted by atomic mass is 32.2. The fraction of sp³-hybridized carbons (Fsp3) is 0.526. The van der Waals surface area contributed by atoms with Crippen molar-refractivity contribution < 1.29 is 35.9 Å². The predicted octanol–water partition coefficient (Wildman–Crippen LogP) is 1.61. The van der Waals surface area contributed by atoms with Crippen molar-refractivity contribution in [2.24, 2.45) is 15.2 Å². The lowest BCUT2D eigenvalue weighted by Gasteiger charge is -2.42. The van der Waals surface area contributed by atoms with Gasteiger partial charge >= 0.3 is 12.1 Å². The van der Waals surface area contributed by atoms with E-state index in [1.165, 1.54) is 16.7 Å². The summed E-state index contributed by atoms with van der Waals surface area (Å²) in [6.07, 6.45) is -3.21. The number of rotatable bonds is 4. The van der Waals surface area contributed by atoms with Crippen LogP contribution in [0.4, 0.5) is 13.2 Å². The van der Waals surface area contributed by atoms with E-state index in [0.29, 0.717) is 22.5 Å². The summed E-state index contributed by atoms with van der Waals surface area (Å²) in [4.78, 5) is 17.8. The Hall–Kier alpha value is -3.11. The number of carbonyl (C=O) groups is 1. The van der Waals surface area contributed by atoms with Gasteiger partial charge in [0, 0.05) is 19.2 Å². The first kappa shape index (κ1) is 23.6. The fourth-order valence-corrected chi connectivity index (χ4v) is 5.89. The lowest BCUT2D eigenvalue weighted by Crippen LogP contribution is -2.56. The zero-order valence-corrected chi connectivity index (χ0v) is 19.2. The number of aromatic nitrogens is 2. The summed E-state index contributed by atoms with van der Waals surface area (Å²) in [5, 5.41) is 14.6. The van der Waals surface area contributed by atoms with Gasteiger partial charge in [-0.05, 0) is 18.6 Å². The zero-order valence-electron chi connectivity index (χ0n) is 18.4. The molecule has 0 spiro atoms. The SMILES string of the molecule is C[C@@H]1C(OC(=O)C(F)(F)F)OCCN1[C@@H]1N=C2N=NC=C2C2=C1C[C@H](c1ccn[nH]1)N2S(C)(=O)=O. The molecule has 1 fully saturated rings. The quantitative estimate of drug-likeness (QED) is 0.601. The van der Waals surface area contributed by atoms with E-state index in [9.17, 15) is 26.4 Å². The number of halogens is 3. The molecule has 0 saturated carbocycles. The van der Waals surface area contributed by atoms with Crippen molar-refractivity contribution in [3.63, 3.8) is 0 Å². The van der Waals surface area contributed by atoms with Gasteiger partial charge in [0.05, 0.1) is 48.1 Å². The van der Waals surface area contributed by atoms with Gasteiger partial charge in [-0.3, -0.25) is 14.3 Å². The third-order valence-corrected chi connectivity index (χ3v) is 7.32. The largest absolute Gasteiger partial charge is 0.491 e. The first-order chi connectivity index (χ1) is 16.5. The van der Waals surface area contributed by atoms with E-state index in [-0.39, 0.29) is 25.4 Å². The Balaban J connectivity index is 1.53. The Morgan fingerprint density at radius 1 is 1.34 bits per heavy atom. The van der Waals surface area contributed by atoms with E-state index >= 15 is 0 Å². The minimum absolute atomic E-state index is 0.0336. The number of aliphatic imine (C=N–C) groups is 1. The molecule has 0 aliphatic carbocycles. The first-order valence-electron chi connectivity index (χ1n) is 10.5. The van der Waals surface area contributed by atoms with Gasteiger partial charge in [0.25, 0.3) is 0 Å². The number of dihydropyridines is 1. The Bertz CT molecular complexity index is 1270. The molecule has 1 N–H and O–H groups in total. The van der Waals surface area contributed by atoms with E-state index < -0.39 is 46.7 Å². The summed E-state index contributed by atoms with van der Waals surface area (Å²) >= 11 is 0. The second-order valence-corrected chi connectivity index (χ2v) is 10.2. The van der Waals surface area contributed by atoms with Crippen LogP contribution in [0, 0.1) is 0 Å². The molecule has 0 amide bonds. The minimum atomic E-state index is -5.17. The standard InChI is InChI=1S/C19H20F3N7O5S/c1-9-17(34-18(30)19(20,21)22)33-6-5-28(9)16-10-7-13(12-3-4-23-26-12)29(35(2,31)32)14(10)11-8-24-27-15(11)25-16/h3-4,8-9,13,16-17H,5-7H2,1-2H3,(H,23,26)/t9-,13-,16+,17?/m1/s1. The number of alkyl halides is 3. The molecule has 1 aromatic heterocycles. The normalized spacial score (nSPS) is 29.1. The summed E-state index contributed by atoms with van der Waals surface area (Å²) in [5.41, 5.74) is 1.98. The van der Waals surface area contributed by atoms with Crippen molar-refractivity contribution in [3.8, 4) is 0 Å². The van der Waals surface area contributed by atoms with Crippen LogP contribution in [0.1, 0.15) is 25.1 Å². The van der Waals surface area contributed by atoms with Crippen molar-refractivity contribution in [3.05, 3.63) is 41.0 Å². The molecule has 1 unspecified atom stereocenters. The molecule has 4 atom stereocenters. The lowest BCUT2D eigenvalue weighted by molar-refractivity contribution is -0.245. The molecule has 5 rings (SSSR count). The van der Waals surface area contributed by atoms with Gasteiger partial charge in [0.1, 0.15) is 6.17 Å². The van der Waals surface area contributed by atoms with Gasteiger partial charge in [-0.1, -0.05) is 0 Å². The monoisotopic (exact) mass is 515 g/mol. The van der Waals surface area contributed by atoms with Crippen LogP contribution in [0.3, 0.4) is 0 Å². The van der Waals surface area contributed by atoms with Crippen molar-refractivity contribution in [2.45, 2.75) is 44.1 Å². The maximum Gasteiger partial charge on any atom is 0.491 e. The lowest BCUT2D eigenvalue weighted by atomic mass is 9.97. The van der Waals surface area contributed by atoms with Gasteiger partial charge in [-0.15, -0.1) is 5.11 Å². The van der Waals surface area contributed by atoms with Crippen molar-refractivity contribution >= 4 is 21.8 Å². The number of aromatic amines is 1. The number of amidine groups is 1. The summed E-state index contributed by atoms with van der Waals surface area (Å²) < 4.78 is 75.3. The van der Waals surface area contributed by atoms with Crippen LogP contribution in [0.5, 0.6) is 0 Å². The maximum absolute atomic E-state index is 12.9. The molecule has 4 aliphatic heterocycles. The molecule has 4 aliphatic rings. The van der Waals surface area contributed by atoms with Crippen LogP contribution >= 0.6 is 0 Å². The Labute approximate surface area is 197 Å². The van der Waals surface area contributed by atoms with Crippen molar-refractivity contribution in [1.82, 2.24) is 19.4 Å². The van der Waals surface area contributed by atoms with Crippen LogP contribution in [-0.4, -0.2) is 83.7 Å². The molecule has 35 heavy (non-hydrogen) atoms. The van der Waals surface area contributed by atoms with Crippen LogP contribution < -0.4 is 0 Å². The average molecular weight is 515 g/mol. The van der Waals surface area contributed by atoms with Gasteiger partial charge in [0.15, 0.2) is 5.84 Å². The predicted molar refractivity (Wildman–Crippen MR) is 112 cm³/mol. The number of hydrogen-bond acceptors (Lipinski definition) is 10. The summed E-state index contributed by atoms with van der Waals surface area (Å²) in [6.45, 7) is 1.75. The number of azo groups is 1. The van der Waals surface area contributed by atoms with E-state index in [1.54, 1.807) is 17.9 Å². The first-order valence-corrected chi connectivity index (χ1v) is 12.4. The van der Waals surface area contributed by atoms with Crippen LogP contribution in [0.25, 0.3) is 0 Å². The van der Waals surface area contributed by atoms with Crippen molar-refractivity contribution in [2.75, 3.05) is 19.4 Å². The molecule has 16 heteroatoms. The Kier molecular flexibility index (Phi) is 5.56. The number of fused-ring (bicyclic) bond motifs is 2. The molecule has 1 aromatic rings. The molecule has 188 valence electrons. The molecule has 0 bridgehead atoms. The third-order valence-electron chi connectivity index (χ3n) is 6.17. The number of carbonyl (C=O) groups excluding carboxylic acids is 1. The number of hydrogen-bond donors (Lipinski definition) is 1. The smallest absolute Gasteiger partial charge is 0.427 e.